The first-order valence-corrected chi connectivity index (χ1v) is 10.0. The number of anilines is 1. The Labute approximate surface area is 171 Å². The summed E-state index contributed by atoms with van der Waals surface area (Å²) in [4.78, 5) is 27.6. The zero-order valence-electron chi connectivity index (χ0n) is 14.3. The summed E-state index contributed by atoms with van der Waals surface area (Å²) < 4.78 is 29.3. The fourth-order valence-electron chi connectivity index (χ4n) is 3.27. The van der Waals surface area contributed by atoms with Gasteiger partial charge in [-0.15, -0.1) is 11.3 Å². The van der Waals surface area contributed by atoms with Crippen molar-refractivity contribution in [1.82, 2.24) is 4.90 Å². The van der Waals surface area contributed by atoms with Gasteiger partial charge in [-0.25, -0.2) is 8.78 Å². The molecule has 28 heavy (non-hydrogen) atoms. The van der Waals surface area contributed by atoms with Crippen molar-refractivity contribution in [3.05, 3.63) is 86.0 Å². The molecule has 0 bridgehead atoms. The van der Waals surface area contributed by atoms with Crippen LogP contribution in [0.1, 0.15) is 26.8 Å². The molecule has 3 aromatic rings. The summed E-state index contributed by atoms with van der Waals surface area (Å²) in [5.41, 5.74) is 0.541. The molecule has 1 N–H and O–H groups in total. The van der Waals surface area contributed by atoms with Gasteiger partial charge in [0.1, 0.15) is 23.7 Å². The maximum atomic E-state index is 14.3. The zero-order chi connectivity index (χ0) is 19.8. The molecule has 0 saturated carbocycles. The molecule has 0 spiro atoms. The number of benzene rings is 2. The summed E-state index contributed by atoms with van der Waals surface area (Å²) >= 11 is 4.81. The van der Waals surface area contributed by atoms with E-state index in [9.17, 15) is 18.4 Å². The Morgan fingerprint density at radius 3 is 2.57 bits per heavy atom. The van der Waals surface area contributed by atoms with Gasteiger partial charge < -0.3 is 10.2 Å². The number of carbonyl (C=O) groups excluding carboxylic acids is 2. The number of nitrogens with one attached hydrogen (secondary N) is 1. The molecule has 0 radical (unpaired) electrons. The van der Waals surface area contributed by atoms with Gasteiger partial charge in [0.25, 0.3) is 5.91 Å². The topological polar surface area (TPSA) is 49.4 Å². The SMILES string of the molecule is O=C1CN(C(=O)c2c(F)cccc2F)C(c2cccs2)c2cc(Br)ccc2N1. The second-order valence-corrected chi connectivity index (χ2v) is 8.12. The lowest BCUT2D eigenvalue weighted by Gasteiger charge is -2.29. The molecule has 1 aliphatic heterocycles. The van der Waals surface area contributed by atoms with Gasteiger partial charge in [-0.05, 0) is 41.8 Å². The molecule has 0 aliphatic carbocycles. The molecule has 1 unspecified atom stereocenters. The van der Waals surface area contributed by atoms with Crippen LogP contribution in [0.15, 0.2) is 58.4 Å². The molecule has 8 heteroatoms. The highest BCUT2D eigenvalue weighted by Gasteiger charge is 2.36. The smallest absolute Gasteiger partial charge is 0.261 e. The lowest BCUT2D eigenvalue weighted by molar-refractivity contribution is -0.117. The number of halogens is 3. The Morgan fingerprint density at radius 2 is 1.89 bits per heavy atom. The molecule has 1 aliphatic rings. The lowest BCUT2D eigenvalue weighted by atomic mass is 10.0. The standard InChI is InChI=1S/C20H13BrF2N2O2S/c21-11-6-7-15-12(9-11)19(16-5-2-8-28-16)25(10-17(26)24-15)20(27)18-13(22)3-1-4-14(18)23/h1-9,19H,10H2,(H,24,26). The van der Waals surface area contributed by atoms with E-state index in [-0.39, 0.29) is 6.54 Å². The van der Waals surface area contributed by atoms with Crippen molar-refractivity contribution in [2.24, 2.45) is 0 Å². The van der Waals surface area contributed by atoms with Crippen LogP contribution in [0.2, 0.25) is 0 Å². The normalized spacial score (nSPS) is 16.3. The van der Waals surface area contributed by atoms with E-state index in [2.05, 4.69) is 21.2 Å². The van der Waals surface area contributed by atoms with E-state index in [1.807, 2.05) is 17.5 Å². The largest absolute Gasteiger partial charge is 0.324 e. The van der Waals surface area contributed by atoms with Gasteiger partial charge in [0, 0.05) is 20.6 Å². The number of fused-ring (bicyclic) bond motifs is 1. The van der Waals surface area contributed by atoms with Crippen molar-refractivity contribution >= 4 is 44.8 Å². The van der Waals surface area contributed by atoms with E-state index in [0.29, 0.717) is 11.3 Å². The minimum absolute atomic E-state index is 0.332. The molecule has 1 atom stereocenters. The summed E-state index contributed by atoms with van der Waals surface area (Å²) in [5.74, 6) is -3.24. The van der Waals surface area contributed by atoms with Crippen molar-refractivity contribution in [3.63, 3.8) is 0 Å². The van der Waals surface area contributed by atoms with E-state index >= 15 is 0 Å². The third-order valence-corrected chi connectivity index (χ3v) is 5.88. The molecule has 142 valence electrons. The molecular weight excluding hydrogens is 450 g/mol. The van der Waals surface area contributed by atoms with E-state index < -0.39 is 35.1 Å². The summed E-state index contributed by atoms with van der Waals surface area (Å²) in [6, 6.07) is 11.5. The number of hydrogen-bond donors (Lipinski definition) is 1. The molecule has 4 nitrogen and oxygen atoms in total. The number of nitrogens with zero attached hydrogens (tertiary/aromatic N) is 1. The van der Waals surface area contributed by atoms with Gasteiger partial charge in [0.05, 0.1) is 6.04 Å². The van der Waals surface area contributed by atoms with Crippen LogP contribution in [0.25, 0.3) is 0 Å². The van der Waals surface area contributed by atoms with Gasteiger partial charge in [0.15, 0.2) is 0 Å². The zero-order valence-corrected chi connectivity index (χ0v) is 16.7. The molecule has 4 rings (SSSR count). The van der Waals surface area contributed by atoms with Crippen LogP contribution in [0.3, 0.4) is 0 Å². The number of amides is 2. The molecule has 2 heterocycles. The molecule has 2 aromatic carbocycles. The van der Waals surface area contributed by atoms with Crippen LogP contribution in [0.5, 0.6) is 0 Å². The predicted molar refractivity (Wildman–Crippen MR) is 106 cm³/mol. The molecule has 0 saturated heterocycles. The summed E-state index contributed by atoms with van der Waals surface area (Å²) in [5, 5.41) is 4.62. The average molecular weight is 463 g/mol. The first-order chi connectivity index (χ1) is 13.5. The van der Waals surface area contributed by atoms with Crippen LogP contribution in [0, 0.1) is 11.6 Å². The molecular formula is C20H13BrF2N2O2S. The van der Waals surface area contributed by atoms with E-state index in [1.54, 1.807) is 18.2 Å². The third kappa shape index (κ3) is 3.33. The van der Waals surface area contributed by atoms with Gasteiger partial charge in [-0.3, -0.25) is 9.59 Å². The Kier molecular flexibility index (Phi) is 4.99. The van der Waals surface area contributed by atoms with Gasteiger partial charge in [-0.1, -0.05) is 28.1 Å². The van der Waals surface area contributed by atoms with E-state index in [0.717, 1.165) is 21.5 Å². The highest BCUT2D eigenvalue weighted by Crippen LogP contribution is 2.39. The van der Waals surface area contributed by atoms with Crippen LogP contribution in [-0.4, -0.2) is 23.3 Å². The Bertz CT molecular complexity index is 1050. The fourth-order valence-corrected chi connectivity index (χ4v) is 4.50. The first-order valence-electron chi connectivity index (χ1n) is 8.33. The highest BCUT2D eigenvalue weighted by atomic mass is 79.9. The lowest BCUT2D eigenvalue weighted by Crippen LogP contribution is -2.39. The van der Waals surface area contributed by atoms with Crippen LogP contribution in [-0.2, 0) is 4.79 Å². The van der Waals surface area contributed by atoms with Crippen molar-refractivity contribution in [1.29, 1.82) is 0 Å². The minimum atomic E-state index is -0.964. The number of carbonyl (C=O) groups is 2. The van der Waals surface area contributed by atoms with E-state index in [4.69, 9.17) is 0 Å². The van der Waals surface area contributed by atoms with E-state index in [1.165, 1.54) is 22.3 Å². The van der Waals surface area contributed by atoms with Gasteiger partial charge in [0.2, 0.25) is 5.91 Å². The molecule has 1 aromatic heterocycles. The van der Waals surface area contributed by atoms with Gasteiger partial charge >= 0.3 is 0 Å². The van der Waals surface area contributed by atoms with Gasteiger partial charge in [-0.2, -0.15) is 0 Å². The molecule has 0 fully saturated rings. The Balaban J connectivity index is 1.91. The van der Waals surface area contributed by atoms with Crippen LogP contribution in [0.4, 0.5) is 14.5 Å². The van der Waals surface area contributed by atoms with Crippen molar-refractivity contribution in [2.45, 2.75) is 6.04 Å². The van der Waals surface area contributed by atoms with Crippen molar-refractivity contribution in [3.8, 4) is 0 Å². The molecule has 2 amide bonds. The quantitative estimate of drug-likeness (QED) is 0.584. The number of hydrogen-bond acceptors (Lipinski definition) is 3. The van der Waals surface area contributed by atoms with Crippen molar-refractivity contribution < 1.29 is 18.4 Å². The minimum Gasteiger partial charge on any atom is -0.324 e. The summed E-state index contributed by atoms with van der Waals surface area (Å²) in [6.07, 6.45) is 0. The average Bonchev–Trinajstić information content (AvgIpc) is 3.12. The monoisotopic (exact) mass is 462 g/mol. The fraction of sp³-hybridized carbons (Fsp3) is 0.100. The Morgan fingerprint density at radius 1 is 1.14 bits per heavy atom. The highest BCUT2D eigenvalue weighted by molar-refractivity contribution is 9.10. The second kappa shape index (κ2) is 7.44. The first kappa shape index (κ1) is 18.8. The second-order valence-electron chi connectivity index (χ2n) is 6.23. The number of rotatable bonds is 2. The van der Waals surface area contributed by atoms with Crippen LogP contribution < -0.4 is 5.32 Å². The maximum Gasteiger partial charge on any atom is 0.261 e. The number of thiophene rings is 1. The van der Waals surface area contributed by atoms with Crippen molar-refractivity contribution in [2.75, 3.05) is 11.9 Å². The summed E-state index contributed by atoms with van der Waals surface area (Å²) in [6.45, 7) is -0.332. The van der Waals surface area contributed by atoms with Crippen LogP contribution >= 0.6 is 27.3 Å². The third-order valence-electron chi connectivity index (χ3n) is 4.46. The summed E-state index contributed by atoms with van der Waals surface area (Å²) in [7, 11) is 0. The Hall–Kier alpha value is -2.58. The maximum absolute atomic E-state index is 14.3. The predicted octanol–water partition coefficient (Wildman–Crippen LogP) is 4.97.